The number of piperazine rings is 1. The summed E-state index contributed by atoms with van der Waals surface area (Å²) >= 11 is 0. The largest absolute Gasteiger partial charge is 0.861 e. The Morgan fingerprint density at radius 3 is 1.39 bits per heavy atom. The Bertz CT molecular complexity index is 4440. The van der Waals surface area contributed by atoms with Crippen molar-refractivity contribution in [1.82, 2.24) is 14.1 Å². The molecular formula is C79H122F9N7O16S9. The van der Waals surface area contributed by atoms with Crippen LogP contribution in [0.2, 0.25) is 0 Å². The summed E-state index contributed by atoms with van der Waals surface area (Å²) in [7, 11) is -27.7. The maximum Gasteiger partial charge on any atom is 0.480 e. The van der Waals surface area contributed by atoms with E-state index in [0.29, 0.717) is 72.7 Å². The van der Waals surface area contributed by atoms with Crippen LogP contribution in [0.5, 0.6) is 0 Å². The van der Waals surface area contributed by atoms with E-state index in [1.165, 1.54) is 153 Å². The number of nitrogens with zero attached hydrogens (tertiary/aromatic N) is 6. The Morgan fingerprint density at radius 2 is 0.950 bits per heavy atom. The number of rotatable bonds is 42. The van der Waals surface area contributed by atoms with Crippen molar-refractivity contribution in [3.63, 3.8) is 0 Å². The van der Waals surface area contributed by atoms with Crippen molar-refractivity contribution in [2.75, 3.05) is 111 Å². The topological polar surface area (TPSA) is 355 Å². The monoisotopic (exact) mass is 1880 g/mol. The zero-order chi connectivity index (χ0) is 91.0. The van der Waals surface area contributed by atoms with Gasteiger partial charge in [0.25, 0.3) is 20.0 Å². The van der Waals surface area contributed by atoms with E-state index in [1.807, 2.05) is 100 Å². The lowest BCUT2D eigenvalue weighted by atomic mass is 9.92. The minimum Gasteiger partial charge on any atom is -0.861 e. The van der Waals surface area contributed by atoms with Crippen molar-refractivity contribution in [2.45, 2.75) is 222 Å². The number of unbranched alkanes of at least 4 members (excludes halogenated alkanes) is 12. The number of anilines is 1. The highest BCUT2D eigenvalue weighted by atomic mass is 32.3. The molecular weight excluding hydrogens is 1760 g/mol. The van der Waals surface area contributed by atoms with Gasteiger partial charge in [-0.25, -0.2) is 42.1 Å². The summed E-state index contributed by atoms with van der Waals surface area (Å²) in [5.41, 5.74) is 1.85. The Balaban J connectivity index is 0.000000499. The average Bonchev–Trinajstić information content (AvgIpc) is 0.762. The van der Waals surface area contributed by atoms with E-state index in [0.717, 1.165) is 85.4 Å². The van der Waals surface area contributed by atoms with E-state index >= 15 is 0 Å². The molecule has 0 atom stereocenters. The number of halogens is 9. The molecule has 3 heterocycles. The highest BCUT2D eigenvalue weighted by Crippen LogP contribution is 2.54. The molecule has 2 N–H and O–H groups in total. The zero-order valence-corrected chi connectivity index (χ0v) is 77.6. The van der Waals surface area contributed by atoms with Crippen LogP contribution in [0.1, 0.15) is 210 Å². The van der Waals surface area contributed by atoms with Gasteiger partial charge in [-0.05, 0) is 159 Å². The quantitative estimate of drug-likeness (QED) is 0.00819. The van der Waals surface area contributed by atoms with Crippen LogP contribution < -0.4 is 10.8 Å². The molecule has 0 aliphatic carbocycles. The maximum atomic E-state index is 14.0. The number of likely N-dealkylation sites (N-methyl/N-ethyl adjacent to an activating group) is 1. The van der Waals surface area contributed by atoms with E-state index in [-0.39, 0.29) is 44.8 Å². The van der Waals surface area contributed by atoms with Gasteiger partial charge in [0, 0.05) is 65.6 Å². The molecule has 120 heavy (non-hydrogen) atoms. The molecule has 0 saturated carbocycles. The molecule has 0 unspecified atom stereocenters. The number of benzene rings is 4. The molecule has 0 spiro atoms. The van der Waals surface area contributed by atoms with Crippen molar-refractivity contribution in [1.29, 1.82) is 0 Å². The van der Waals surface area contributed by atoms with E-state index in [9.17, 15) is 110 Å². The van der Waals surface area contributed by atoms with Crippen LogP contribution in [0.25, 0.3) is 8.25 Å². The van der Waals surface area contributed by atoms with Gasteiger partial charge < -0.3 is 28.9 Å². The standard InChI is InChI=1S/C18H30N2O3S.C16H25OS.C14H23N2O4S2.C12H15OS.C10H19OS.C9H11F9N3O6S3/c1-4-5-6-7-8-9-10-18(21)19-24(22,23)17-13-11-16(12-14-17)15-20(2)3;1-3-5-12-18(13-6-4-2)14-16(17)15-10-8-7-9-11-15;1-2-3-4-5-6-7-12-21(17,18)16-22(19,20)14-10-8-13(15)9-11-14;13-12(10-14-8-4-5-9-14)11-6-2-1-3-7-11;1-10(2,3)9(11)8-12-6-4-5-7-12;1-20-2-4-21(5-3-20)30(26,27)8(14,15)6(10,11)7(12,13)28(22,23)19-29(24,25)9(16,17)18/h11-14H,4-10,15H2,1-3H3,(H,19,21);7-11H,3-6,12-14H2,1-2H3;8-11H,2-7,12,15H2,1H3;1-3,6-7H,4-5,8-10H2;4-8H2,1-3H3;2-5H2,1H3/q;+1;-1;2*+1;-1/p-1. The first-order valence-corrected chi connectivity index (χ1v) is 53.8. The first-order chi connectivity index (χ1) is 55.7. The second kappa shape index (κ2) is 52.9. The third-order valence-corrected chi connectivity index (χ3v) is 35.2. The van der Waals surface area contributed by atoms with Crippen molar-refractivity contribution in [3.8, 4) is 0 Å². The third kappa shape index (κ3) is 39.3. The molecule has 3 aliphatic heterocycles. The summed E-state index contributed by atoms with van der Waals surface area (Å²) in [5.74, 6) is 2.90. The van der Waals surface area contributed by atoms with Crippen LogP contribution >= 0.6 is 0 Å². The zero-order valence-electron chi connectivity index (χ0n) is 70.2. The molecule has 686 valence electrons. The van der Waals surface area contributed by atoms with Crippen molar-refractivity contribution >= 4 is 122 Å². The van der Waals surface area contributed by atoms with Crippen molar-refractivity contribution < 1.29 is 110 Å². The summed E-state index contributed by atoms with van der Waals surface area (Å²) in [5, 5.41) is -2.48. The van der Waals surface area contributed by atoms with Crippen LogP contribution in [0.15, 0.2) is 123 Å². The molecule has 4 aromatic carbocycles. The number of carbonyl (C=O) groups is 3. The van der Waals surface area contributed by atoms with Gasteiger partial charge in [-0.3, -0.25) is 14.4 Å². The Morgan fingerprint density at radius 1 is 0.525 bits per heavy atom. The second-order valence-electron chi connectivity index (χ2n) is 30.2. The van der Waals surface area contributed by atoms with Crippen LogP contribution in [-0.4, -0.2) is 215 Å². The number of Topliss-reactive ketones (excluding diaryl/α,β-unsaturated/α-hetero) is 3. The summed E-state index contributed by atoms with van der Waals surface area (Å²) in [4.78, 5) is 38.9. The van der Waals surface area contributed by atoms with Crippen molar-refractivity contribution in [3.05, 3.63) is 134 Å². The molecule has 0 radical (unpaired) electrons. The lowest BCUT2D eigenvalue weighted by Gasteiger charge is -2.39. The normalized spacial score (nSPS) is 15.4. The van der Waals surface area contributed by atoms with Gasteiger partial charge in [-0.15, -0.1) is 0 Å². The molecule has 7 rings (SSSR count). The number of nitrogens with two attached hydrogens (primary N) is 1. The number of hydrogen-bond donors (Lipinski definition) is 1. The molecule has 4 aromatic rings. The molecule has 3 saturated heterocycles. The second-order valence-corrected chi connectivity index (χ2v) is 47.8. The first-order valence-electron chi connectivity index (χ1n) is 39.8. The van der Waals surface area contributed by atoms with Gasteiger partial charge in [-0.2, -0.15) is 56.6 Å². The Kier molecular flexibility index (Phi) is 49.0. The molecule has 0 aromatic heterocycles. The molecule has 0 bridgehead atoms. The lowest BCUT2D eigenvalue weighted by molar-refractivity contribution is -0.244. The minimum absolute atomic E-state index is 0.0706. The van der Waals surface area contributed by atoms with Gasteiger partial charge in [0.05, 0.1) is 14.9 Å². The number of sulfonamides is 6. The molecule has 23 nitrogen and oxygen atoms in total. The third-order valence-electron chi connectivity index (χ3n) is 18.3. The van der Waals surface area contributed by atoms with E-state index in [4.69, 9.17) is 5.73 Å². The lowest BCUT2D eigenvalue weighted by Crippen LogP contribution is -2.64. The summed E-state index contributed by atoms with van der Waals surface area (Å²) < 4.78 is 265. The Labute approximate surface area is 716 Å². The van der Waals surface area contributed by atoms with Crippen LogP contribution in [-0.2, 0) is 104 Å². The van der Waals surface area contributed by atoms with Gasteiger partial charge in [-0.1, -0.05) is 198 Å². The number of alkyl halides is 9. The van der Waals surface area contributed by atoms with Gasteiger partial charge >= 0.3 is 21.9 Å². The van der Waals surface area contributed by atoms with Gasteiger partial charge in [0.2, 0.25) is 11.6 Å². The Hall–Kier alpha value is -4.92. The molecule has 3 aliphatic rings. The van der Waals surface area contributed by atoms with Crippen LogP contribution in [0.3, 0.4) is 0 Å². The highest BCUT2D eigenvalue weighted by Gasteiger charge is 2.81. The number of nitrogen functional groups attached to an aromatic ring is 1. The highest BCUT2D eigenvalue weighted by molar-refractivity contribution is 8.13. The average molecular weight is 1890 g/mol. The fourth-order valence-electron chi connectivity index (χ4n) is 11.1. The SMILES string of the molecule is CC(C)(C)C(=O)C[S+]1CCCC1.CCCCCCCCC([O-])=NS(=O)(=O)c1ccc(CN(C)C)cc1.CCCCCCCCS(=O)(=O)[N-]S(=O)(=O)c1ccc(N)cc1.CCCC[S+](CCCC)CC(=O)c1ccccc1.CN1CCN(S(=O)(=O)C(F)(F)C(F)(F)C(F)(F)S(=O)(=O)[N-]S(=O)(=O)C(F)(F)F)CC1.O=C(C[S+]1CCCC1)c1ccccc1. The van der Waals surface area contributed by atoms with E-state index < -0.39 is 101 Å². The summed E-state index contributed by atoms with van der Waals surface area (Å²) in [6.45, 7) is 13.1. The fourth-order valence-corrected chi connectivity index (χ4v) is 25.8. The fraction of sp³-hybridized carbons (Fsp3) is 0.646. The predicted molar refractivity (Wildman–Crippen MR) is 465 cm³/mol. The van der Waals surface area contributed by atoms with Crippen LogP contribution in [0, 0.1) is 5.41 Å². The number of hydrogen-bond acceptors (Lipinski definition) is 19. The number of carbonyl (C=O) groups excluding carboxylic acids is 3. The number of ketones is 3. The summed E-state index contributed by atoms with van der Waals surface area (Å²) in [6.07, 6.45) is 22.3. The smallest absolute Gasteiger partial charge is 0.480 e. The molecule has 41 heteroatoms. The minimum atomic E-state index is -7.88. The van der Waals surface area contributed by atoms with Gasteiger partial charge in [0.1, 0.15) is 44.5 Å². The van der Waals surface area contributed by atoms with E-state index in [2.05, 4.69) is 36.2 Å². The first kappa shape index (κ1) is 111. The maximum absolute atomic E-state index is 14.0. The van der Waals surface area contributed by atoms with Crippen molar-refractivity contribution in [2.24, 2.45) is 9.81 Å². The summed E-state index contributed by atoms with van der Waals surface area (Å²) in [6, 6.07) is 31.2. The van der Waals surface area contributed by atoms with Gasteiger partial charge in [0.15, 0.2) is 43.1 Å². The van der Waals surface area contributed by atoms with E-state index in [1.54, 1.807) is 12.1 Å². The molecule has 3 fully saturated rings. The predicted octanol–water partition coefficient (Wildman–Crippen LogP) is 15.3. The molecule has 0 amide bonds. The van der Waals surface area contributed by atoms with Crippen LogP contribution in [0.4, 0.5) is 45.2 Å².